The molecule has 2 aliphatic carbocycles. The second kappa shape index (κ2) is 5.50. The van der Waals surface area contributed by atoms with E-state index in [9.17, 15) is 0 Å². The number of hydrogen-bond donors (Lipinski definition) is 1. The van der Waals surface area contributed by atoms with Crippen molar-refractivity contribution in [2.75, 3.05) is 13.1 Å². The Morgan fingerprint density at radius 2 is 1.89 bits per heavy atom. The number of nitrogens with zero attached hydrogens (tertiary/aromatic N) is 1. The zero-order valence-electron chi connectivity index (χ0n) is 12.8. The van der Waals surface area contributed by atoms with Crippen molar-refractivity contribution in [2.45, 2.75) is 71.4 Å². The van der Waals surface area contributed by atoms with E-state index >= 15 is 0 Å². The van der Waals surface area contributed by atoms with E-state index in [0.29, 0.717) is 5.54 Å². The smallest absolute Gasteiger partial charge is 0.0360 e. The van der Waals surface area contributed by atoms with Crippen molar-refractivity contribution in [3.05, 3.63) is 0 Å². The molecular weight excluding hydrogens is 220 g/mol. The van der Waals surface area contributed by atoms with Gasteiger partial charge in [0.1, 0.15) is 0 Å². The Bertz CT molecular complexity index is 272. The molecule has 0 aromatic rings. The summed E-state index contributed by atoms with van der Waals surface area (Å²) in [5.74, 6) is 2.39. The molecule has 2 rings (SSSR count). The van der Waals surface area contributed by atoms with E-state index in [-0.39, 0.29) is 0 Å². The van der Waals surface area contributed by atoms with Crippen LogP contribution >= 0.6 is 0 Å². The van der Waals surface area contributed by atoms with Crippen molar-refractivity contribution in [1.82, 2.24) is 4.90 Å². The Kier molecular flexibility index (Phi) is 4.38. The van der Waals surface area contributed by atoms with Crippen LogP contribution in [0.4, 0.5) is 0 Å². The van der Waals surface area contributed by atoms with Crippen LogP contribution in [0.2, 0.25) is 0 Å². The maximum atomic E-state index is 6.27. The van der Waals surface area contributed by atoms with Crippen LogP contribution in [-0.2, 0) is 0 Å². The molecular formula is C16H32N2. The van der Waals surface area contributed by atoms with Gasteiger partial charge in [0.2, 0.25) is 0 Å². The molecule has 18 heavy (non-hydrogen) atoms. The third kappa shape index (κ3) is 2.75. The molecule has 0 aromatic heterocycles. The second-order valence-electron chi connectivity index (χ2n) is 7.37. The fourth-order valence-corrected chi connectivity index (χ4v) is 4.00. The molecule has 0 aromatic carbocycles. The predicted octanol–water partition coefficient (Wildman–Crippen LogP) is 3.26. The van der Waals surface area contributed by atoms with Crippen LogP contribution in [0, 0.1) is 17.8 Å². The molecule has 2 heteroatoms. The molecule has 0 bridgehead atoms. The number of hydrogen-bond acceptors (Lipinski definition) is 2. The Morgan fingerprint density at radius 1 is 1.22 bits per heavy atom. The predicted molar refractivity (Wildman–Crippen MR) is 78.5 cm³/mol. The minimum absolute atomic E-state index is 0.304. The van der Waals surface area contributed by atoms with Gasteiger partial charge in [0, 0.05) is 24.7 Å². The third-order valence-corrected chi connectivity index (χ3v) is 5.22. The van der Waals surface area contributed by atoms with E-state index in [0.717, 1.165) is 30.3 Å². The highest BCUT2D eigenvalue weighted by atomic mass is 15.3. The topological polar surface area (TPSA) is 29.3 Å². The summed E-state index contributed by atoms with van der Waals surface area (Å²) in [5.41, 5.74) is 6.58. The summed E-state index contributed by atoms with van der Waals surface area (Å²) < 4.78 is 0. The van der Waals surface area contributed by atoms with Crippen LogP contribution in [0.3, 0.4) is 0 Å². The van der Waals surface area contributed by atoms with Crippen molar-refractivity contribution >= 4 is 0 Å². The second-order valence-corrected chi connectivity index (χ2v) is 7.37. The zero-order valence-corrected chi connectivity index (χ0v) is 12.8. The van der Waals surface area contributed by atoms with Crippen LogP contribution in [-0.4, -0.2) is 29.6 Å². The highest BCUT2D eigenvalue weighted by molar-refractivity contribution is 5.04. The van der Waals surface area contributed by atoms with E-state index in [4.69, 9.17) is 5.73 Å². The van der Waals surface area contributed by atoms with Gasteiger partial charge in [-0.25, -0.2) is 0 Å². The quantitative estimate of drug-likeness (QED) is 0.814. The molecule has 2 saturated carbocycles. The Balaban J connectivity index is 2.17. The van der Waals surface area contributed by atoms with Gasteiger partial charge < -0.3 is 5.73 Å². The number of rotatable bonds is 5. The lowest BCUT2D eigenvalue weighted by Crippen LogP contribution is -2.61. The van der Waals surface area contributed by atoms with Gasteiger partial charge in [-0.3, -0.25) is 4.90 Å². The lowest BCUT2D eigenvalue weighted by molar-refractivity contribution is -0.0136. The summed E-state index contributed by atoms with van der Waals surface area (Å²) >= 11 is 0. The summed E-state index contributed by atoms with van der Waals surface area (Å²) in [4.78, 5) is 2.81. The van der Waals surface area contributed by atoms with E-state index < -0.39 is 0 Å². The van der Waals surface area contributed by atoms with Crippen LogP contribution in [0.5, 0.6) is 0 Å². The Morgan fingerprint density at radius 3 is 2.33 bits per heavy atom. The van der Waals surface area contributed by atoms with E-state index in [1.807, 2.05) is 0 Å². The maximum Gasteiger partial charge on any atom is 0.0360 e. The zero-order chi connectivity index (χ0) is 13.3. The highest BCUT2D eigenvalue weighted by Gasteiger charge is 2.48. The van der Waals surface area contributed by atoms with E-state index in [2.05, 4.69) is 32.6 Å². The molecule has 0 amide bonds. The molecule has 3 atom stereocenters. The third-order valence-electron chi connectivity index (χ3n) is 5.22. The molecule has 3 unspecified atom stereocenters. The van der Waals surface area contributed by atoms with Gasteiger partial charge in [-0.15, -0.1) is 0 Å². The van der Waals surface area contributed by atoms with Crippen LogP contribution < -0.4 is 5.73 Å². The van der Waals surface area contributed by atoms with Crippen molar-refractivity contribution in [3.8, 4) is 0 Å². The lowest BCUT2D eigenvalue weighted by atomic mass is 9.68. The minimum atomic E-state index is 0.304. The fourth-order valence-electron chi connectivity index (χ4n) is 4.00. The van der Waals surface area contributed by atoms with Crippen LogP contribution in [0.25, 0.3) is 0 Å². The molecule has 106 valence electrons. The fraction of sp³-hybridized carbons (Fsp3) is 1.00. The van der Waals surface area contributed by atoms with E-state index in [1.165, 1.54) is 38.6 Å². The first-order valence-corrected chi connectivity index (χ1v) is 7.96. The van der Waals surface area contributed by atoms with Gasteiger partial charge in [-0.1, -0.05) is 27.7 Å². The van der Waals surface area contributed by atoms with Gasteiger partial charge in [0.25, 0.3) is 0 Å². The maximum absolute atomic E-state index is 6.27. The molecule has 2 nitrogen and oxygen atoms in total. The van der Waals surface area contributed by atoms with Gasteiger partial charge >= 0.3 is 0 Å². The first kappa shape index (κ1) is 14.3. The summed E-state index contributed by atoms with van der Waals surface area (Å²) in [6.07, 6.45) is 6.84. The summed E-state index contributed by atoms with van der Waals surface area (Å²) in [6, 6.07) is 0.840. The molecule has 0 saturated heterocycles. The van der Waals surface area contributed by atoms with Crippen molar-refractivity contribution in [2.24, 2.45) is 23.5 Å². The average molecular weight is 252 g/mol. The molecule has 0 aliphatic heterocycles. The SMILES string of the molecule is CC(C)CN(C1CC1)C1(CN)CCC(C)CC1C. The molecule has 2 N–H and O–H groups in total. The molecule has 0 heterocycles. The van der Waals surface area contributed by atoms with Crippen molar-refractivity contribution in [1.29, 1.82) is 0 Å². The van der Waals surface area contributed by atoms with Gasteiger partial charge in [0.05, 0.1) is 0 Å². The minimum Gasteiger partial charge on any atom is -0.329 e. The Hall–Kier alpha value is -0.0800. The van der Waals surface area contributed by atoms with Crippen molar-refractivity contribution < 1.29 is 0 Å². The summed E-state index contributed by atoms with van der Waals surface area (Å²) in [7, 11) is 0. The Labute approximate surface area is 113 Å². The van der Waals surface area contributed by atoms with Crippen LogP contribution in [0.1, 0.15) is 59.8 Å². The normalized spacial score (nSPS) is 37.5. The summed E-state index contributed by atoms with van der Waals surface area (Å²) in [6.45, 7) is 11.6. The largest absolute Gasteiger partial charge is 0.329 e. The first-order valence-electron chi connectivity index (χ1n) is 7.96. The van der Waals surface area contributed by atoms with Gasteiger partial charge in [-0.2, -0.15) is 0 Å². The summed E-state index contributed by atoms with van der Waals surface area (Å²) in [5, 5.41) is 0. The van der Waals surface area contributed by atoms with Crippen molar-refractivity contribution in [3.63, 3.8) is 0 Å². The highest BCUT2D eigenvalue weighted by Crippen LogP contribution is 2.45. The monoisotopic (exact) mass is 252 g/mol. The molecule has 0 radical (unpaired) electrons. The van der Waals surface area contributed by atoms with Crippen LogP contribution in [0.15, 0.2) is 0 Å². The first-order chi connectivity index (χ1) is 8.49. The molecule has 2 aliphatic rings. The van der Waals surface area contributed by atoms with Gasteiger partial charge in [0.15, 0.2) is 0 Å². The lowest BCUT2D eigenvalue weighted by Gasteiger charge is -2.52. The van der Waals surface area contributed by atoms with Gasteiger partial charge in [-0.05, 0) is 49.9 Å². The standard InChI is InChI=1S/C16H32N2/c1-12(2)10-18(15-5-6-15)16(11-17)8-7-13(3)9-14(16)4/h12-15H,5-11,17H2,1-4H3. The van der Waals surface area contributed by atoms with E-state index in [1.54, 1.807) is 0 Å². The average Bonchev–Trinajstić information content (AvgIpc) is 3.11. The molecule has 0 spiro atoms. The number of nitrogens with two attached hydrogens (primary N) is 1. The molecule has 2 fully saturated rings.